The maximum Gasteiger partial charge on any atom is 0.251 e. The molecule has 0 radical (unpaired) electrons. The van der Waals surface area contributed by atoms with Gasteiger partial charge in [-0.1, -0.05) is 35.3 Å². The fourth-order valence-corrected chi connectivity index (χ4v) is 2.33. The Balaban J connectivity index is 2.14. The summed E-state index contributed by atoms with van der Waals surface area (Å²) in [6.45, 7) is 1.89. The van der Waals surface area contributed by atoms with Crippen molar-refractivity contribution in [2.75, 3.05) is 7.11 Å². The van der Waals surface area contributed by atoms with Crippen LogP contribution in [0.15, 0.2) is 36.4 Å². The molecule has 0 aliphatic rings. The molecule has 0 saturated heterocycles. The number of pyridine rings is 1. The highest BCUT2D eigenvalue weighted by molar-refractivity contribution is 6.33. The van der Waals surface area contributed by atoms with Crippen LogP contribution in [0.3, 0.4) is 0 Å². The van der Waals surface area contributed by atoms with Crippen molar-refractivity contribution in [3.05, 3.63) is 57.8 Å². The van der Waals surface area contributed by atoms with Gasteiger partial charge in [0.05, 0.1) is 13.2 Å². The van der Waals surface area contributed by atoms with E-state index >= 15 is 0 Å². The molecule has 0 saturated carbocycles. The number of methoxy groups -OCH3 is 1. The van der Waals surface area contributed by atoms with Gasteiger partial charge in [0.15, 0.2) is 0 Å². The van der Waals surface area contributed by atoms with E-state index in [0.717, 1.165) is 11.3 Å². The molecule has 0 spiro atoms. The highest BCUT2D eigenvalue weighted by atomic mass is 35.5. The average molecular weight is 325 g/mol. The Bertz CT molecular complexity index is 642. The molecular weight excluding hydrogens is 311 g/mol. The predicted octanol–water partition coefficient (Wildman–Crippen LogP) is 3.89. The van der Waals surface area contributed by atoms with Crippen molar-refractivity contribution in [2.24, 2.45) is 0 Å². The summed E-state index contributed by atoms with van der Waals surface area (Å²) < 4.78 is 5.17. The first-order valence-corrected chi connectivity index (χ1v) is 7.03. The van der Waals surface area contributed by atoms with E-state index in [1.165, 1.54) is 12.1 Å². The van der Waals surface area contributed by atoms with E-state index in [1.807, 2.05) is 31.2 Å². The Morgan fingerprint density at radius 1 is 1.24 bits per heavy atom. The Hall–Kier alpha value is -1.78. The Labute approximate surface area is 133 Å². The second-order valence-electron chi connectivity index (χ2n) is 4.47. The quantitative estimate of drug-likeness (QED) is 0.868. The van der Waals surface area contributed by atoms with Crippen LogP contribution in [0, 0.1) is 0 Å². The minimum absolute atomic E-state index is 0.182. The number of nitrogens with zero attached hydrogens (tertiary/aromatic N) is 1. The van der Waals surface area contributed by atoms with Crippen molar-refractivity contribution in [2.45, 2.75) is 13.0 Å². The number of hydrogen-bond donors (Lipinski definition) is 1. The van der Waals surface area contributed by atoms with E-state index in [2.05, 4.69) is 10.3 Å². The number of halogens is 2. The smallest absolute Gasteiger partial charge is 0.251 e. The maximum absolute atomic E-state index is 12.2. The van der Waals surface area contributed by atoms with Gasteiger partial charge < -0.3 is 10.1 Å². The van der Waals surface area contributed by atoms with Gasteiger partial charge >= 0.3 is 0 Å². The summed E-state index contributed by atoms with van der Waals surface area (Å²) in [4.78, 5) is 16.0. The second kappa shape index (κ2) is 6.78. The molecule has 1 heterocycles. The zero-order valence-electron chi connectivity index (χ0n) is 11.6. The SMILES string of the molecule is COc1cccc(C(C)NC(=O)c2cc(Cl)nc(Cl)c2)c1. The van der Waals surface area contributed by atoms with Gasteiger partial charge in [-0.2, -0.15) is 0 Å². The van der Waals surface area contributed by atoms with Gasteiger partial charge in [-0.25, -0.2) is 4.98 Å². The number of nitrogens with one attached hydrogen (secondary N) is 1. The zero-order valence-corrected chi connectivity index (χ0v) is 13.1. The van der Waals surface area contributed by atoms with Crippen LogP contribution in [0.5, 0.6) is 5.75 Å². The van der Waals surface area contributed by atoms with E-state index in [0.29, 0.717) is 5.56 Å². The fourth-order valence-electron chi connectivity index (χ4n) is 1.87. The lowest BCUT2D eigenvalue weighted by Crippen LogP contribution is -2.26. The molecule has 1 aromatic carbocycles. The molecule has 1 amide bonds. The van der Waals surface area contributed by atoms with Crippen LogP contribution in [-0.2, 0) is 0 Å². The van der Waals surface area contributed by atoms with Gasteiger partial charge in [-0.3, -0.25) is 4.79 Å². The van der Waals surface area contributed by atoms with Gasteiger partial charge in [-0.15, -0.1) is 0 Å². The molecular formula is C15H14Cl2N2O2. The van der Waals surface area contributed by atoms with Crippen LogP contribution < -0.4 is 10.1 Å². The molecule has 0 aliphatic carbocycles. The minimum atomic E-state index is -0.267. The van der Waals surface area contributed by atoms with E-state index in [4.69, 9.17) is 27.9 Å². The summed E-state index contributed by atoms with van der Waals surface area (Å²) in [7, 11) is 1.60. The van der Waals surface area contributed by atoms with E-state index in [1.54, 1.807) is 7.11 Å². The molecule has 1 aromatic heterocycles. The number of ether oxygens (including phenoxy) is 1. The summed E-state index contributed by atoms with van der Waals surface area (Å²) in [5.41, 5.74) is 1.31. The lowest BCUT2D eigenvalue weighted by molar-refractivity contribution is 0.0939. The summed E-state index contributed by atoms with van der Waals surface area (Å²) >= 11 is 11.6. The number of rotatable bonds is 4. The van der Waals surface area contributed by atoms with Gasteiger partial charge in [0.25, 0.3) is 5.91 Å². The van der Waals surface area contributed by atoms with Gasteiger partial charge in [-0.05, 0) is 36.8 Å². The maximum atomic E-state index is 12.2. The Morgan fingerprint density at radius 3 is 2.52 bits per heavy atom. The third kappa shape index (κ3) is 4.09. The van der Waals surface area contributed by atoms with Crippen LogP contribution in [0.1, 0.15) is 28.9 Å². The molecule has 1 N–H and O–H groups in total. The number of benzene rings is 1. The fraction of sp³-hybridized carbons (Fsp3) is 0.200. The monoisotopic (exact) mass is 324 g/mol. The topological polar surface area (TPSA) is 51.2 Å². The van der Waals surface area contributed by atoms with Crippen LogP contribution in [0.4, 0.5) is 0 Å². The largest absolute Gasteiger partial charge is 0.497 e. The molecule has 0 bridgehead atoms. The second-order valence-corrected chi connectivity index (χ2v) is 5.25. The minimum Gasteiger partial charge on any atom is -0.497 e. The van der Waals surface area contributed by atoms with Crippen molar-refractivity contribution in [3.63, 3.8) is 0 Å². The van der Waals surface area contributed by atoms with Crippen molar-refractivity contribution in [1.29, 1.82) is 0 Å². The van der Waals surface area contributed by atoms with Gasteiger partial charge in [0, 0.05) is 5.56 Å². The van der Waals surface area contributed by atoms with Crippen LogP contribution in [0.2, 0.25) is 10.3 Å². The summed E-state index contributed by atoms with van der Waals surface area (Å²) in [6.07, 6.45) is 0. The molecule has 110 valence electrons. The summed E-state index contributed by atoms with van der Waals surface area (Å²) in [6, 6.07) is 10.3. The number of aromatic nitrogens is 1. The first-order chi connectivity index (χ1) is 9.99. The van der Waals surface area contributed by atoms with Gasteiger partial charge in [0.1, 0.15) is 16.1 Å². The number of amides is 1. The van der Waals surface area contributed by atoms with Crippen molar-refractivity contribution < 1.29 is 9.53 Å². The van der Waals surface area contributed by atoms with Crippen LogP contribution >= 0.6 is 23.2 Å². The molecule has 6 heteroatoms. The normalized spacial score (nSPS) is 11.8. The molecule has 2 aromatic rings. The lowest BCUT2D eigenvalue weighted by atomic mass is 10.1. The number of carbonyl (C=O) groups is 1. The summed E-state index contributed by atoms with van der Waals surface area (Å²) in [5, 5.41) is 3.24. The molecule has 2 rings (SSSR count). The molecule has 21 heavy (non-hydrogen) atoms. The standard InChI is InChI=1S/C15H14Cl2N2O2/c1-9(10-4-3-5-12(6-10)21-2)18-15(20)11-7-13(16)19-14(17)8-11/h3-9H,1-2H3,(H,18,20). The first-order valence-electron chi connectivity index (χ1n) is 6.27. The van der Waals surface area contributed by atoms with Crippen molar-refractivity contribution in [1.82, 2.24) is 10.3 Å². The van der Waals surface area contributed by atoms with Crippen LogP contribution in [-0.4, -0.2) is 18.0 Å². The third-order valence-corrected chi connectivity index (χ3v) is 3.35. The number of hydrogen-bond acceptors (Lipinski definition) is 3. The Kier molecular flexibility index (Phi) is 5.04. The van der Waals surface area contributed by atoms with Gasteiger partial charge in [0.2, 0.25) is 0 Å². The summed E-state index contributed by atoms with van der Waals surface area (Å²) in [5.74, 6) is 0.472. The van der Waals surface area contributed by atoms with Crippen molar-refractivity contribution >= 4 is 29.1 Å². The first kappa shape index (κ1) is 15.6. The molecule has 1 unspecified atom stereocenters. The van der Waals surface area contributed by atoms with Crippen LogP contribution in [0.25, 0.3) is 0 Å². The van der Waals surface area contributed by atoms with E-state index < -0.39 is 0 Å². The highest BCUT2D eigenvalue weighted by Gasteiger charge is 2.13. The third-order valence-electron chi connectivity index (χ3n) is 2.97. The molecule has 0 fully saturated rings. The average Bonchev–Trinajstić information content (AvgIpc) is 2.46. The predicted molar refractivity (Wildman–Crippen MR) is 83.1 cm³/mol. The molecule has 0 aliphatic heterocycles. The molecule has 1 atom stereocenters. The van der Waals surface area contributed by atoms with E-state index in [9.17, 15) is 4.79 Å². The Morgan fingerprint density at radius 2 is 1.90 bits per heavy atom. The van der Waals surface area contributed by atoms with Crippen molar-refractivity contribution in [3.8, 4) is 5.75 Å². The zero-order chi connectivity index (χ0) is 15.4. The number of carbonyl (C=O) groups excluding carboxylic acids is 1. The highest BCUT2D eigenvalue weighted by Crippen LogP contribution is 2.20. The van der Waals surface area contributed by atoms with E-state index in [-0.39, 0.29) is 22.3 Å². The lowest BCUT2D eigenvalue weighted by Gasteiger charge is -2.15. The molecule has 4 nitrogen and oxygen atoms in total.